The van der Waals surface area contributed by atoms with Gasteiger partial charge in [0.15, 0.2) is 0 Å². The smallest absolute Gasteiger partial charge is 0.244 e. The van der Waals surface area contributed by atoms with Gasteiger partial charge in [0.25, 0.3) is 0 Å². The van der Waals surface area contributed by atoms with Crippen molar-refractivity contribution in [2.75, 3.05) is 6.61 Å². The number of rotatable bonds is 7. The number of carbonyl (C=O) groups excluding carboxylic acids is 1. The van der Waals surface area contributed by atoms with Crippen molar-refractivity contribution < 1.29 is 9.53 Å². The third-order valence-corrected chi connectivity index (χ3v) is 3.76. The van der Waals surface area contributed by atoms with Gasteiger partial charge in [-0.15, -0.1) is 0 Å². The summed E-state index contributed by atoms with van der Waals surface area (Å²) in [7, 11) is 0. The van der Waals surface area contributed by atoms with Crippen LogP contribution in [0.25, 0.3) is 0 Å². The summed E-state index contributed by atoms with van der Waals surface area (Å²) in [6.07, 6.45) is 3.40. The zero-order valence-electron chi connectivity index (χ0n) is 12.8. The van der Waals surface area contributed by atoms with E-state index in [2.05, 4.69) is 33.0 Å². The van der Waals surface area contributed by atoms with Crippen LogP contribution in [-0.2, 0) is 11.2 Å². The molecular weight excluding hydrogens is 392 g/mol. The normalized spacial score (nSPS) is 10.6. The molecule has 2 aromatic carbocycles. The molecule has 2 aromatic rings. The molecule has 0 fully saturated rings. The van der Waals surface area contributed by atoms with Gasteiger partial charge in [-0.3, -0.25) is 4.79 Å². The standard InChI is InChI=1S/C18H16BrClN2O2/c1-2-9-24-17-8-7-16(20)11-14(17)12-21-22-18(23)10-13-3-5-15(19)6-4-13/h2-8,11-12H,1,9-10H2,(H,22,23)/b21-12+. The summed E-state index contributed by atoms with van der Waals surface area (Å²) in [5, 5.41) is 4.53. The zero-order chi connectivity index (χ0) is 17.4. The van der Waals surface area contributed by atoms with Crippen molar-refractivity contribution in [2.24, 2.45) is 5.10 Å². The summed E-state index contributed by atoms with van der Waals surface area (Å²) >= 11 is 9.34. The molecule has 0 aliphatic rings. The fourth-order valence-electron chi connectivity index (χ4n) is 1.90. The first kappa shape index (κ1) is 18.2. The van der Waals surface area contributed by atoms with E-state index in [1.165, 1.54) is 6.21 Å². The van der Waals surface area contributed by atoms with Gasteiger partial charge in [0, 0.05) is 15.1 Å². The van der Waals surface area contributed by atoms with Crippen molar-refractivity contribution in [1.82, 2.24) is 5.43 Å². The number of hydrazone groups is 1. The zero-order valence-corrected chi connectivity index (χ0v) is 15.2. The van der Waals surface area contributed by atoms with Crippen LogP contribution in [0.4, 0.5) is 0 Å². The second-order valence-electron chi connectivity index (χ2n) is 4.88. The lowest BCUT2D eigenvalue weighted by molar-refractivity contribution is -0.120. The van der Waals surface area contributed by atoms with E-state index in [4.69, 9.17) is 16.3 Å². The predicted molar refractivity (Wildman–Crippen MR) is 101 cm³/mol. The summed E-state index contributed by atoms with van der Waals surface area (Å²) in [4.78, 5) is 11.9. The van der Waals surface area contributed by atoms with Gasteiger partial charge in [-0.25, -0.2) is 5.43 Å². The Hall–Kier alpha value is -2.11. The molecule has 4 nitrogen and oxygen atoms in total. The van der Waals surface area contributed by atoms with Gasteiger partial charge in [0.05, 0.1) is 12.6 Å². The molecule has 0 unspecified atom stereocenters. The first-order chi connectivity index (χ1) is 11.6. The molecule has 6 heteroatoms. The Labute approximate surface area is 154 Å². The van der Waals surface area contributed by atoms with Crippen molar-refractivity contribution in [3.8, 4) is 5.75 Å². The summed E-state index contributed by atoms with van der Waals surface area (Å²) in [5.74, 6) is 0.411. The highest BCUT2D eigenvalue weighted by Gasteiger charge is 2.04. The minimum absolute atomic E-state index is 0.204. The predicted octanol–water partition coefficient (Wildman–Crippen LogP) is 4.36. The second-order valence-corrected chi connectivity index (χ2v) is 6.23. The van der Waals surface area contributed by atoms with Crippen LogP contribution in [0.2, 0.25) is 5.02 Å². The van der Waals surface area contributed by atoms with Gasteiger partial charge in [-0.05, 0) is 35.9 Å². The molecule has 2 rings (SSSR count). The highest BCUT2D eigenvalue weighted by Crippen LogP contribution is 2.21. The number of carbonyl (C=O) groups is 1. The molecule has 124 valence electrons. The van der Waals surface area contributed by atoms with E-state index >= 15 is 0 Å². The van der Waals surface area contributed by atoms with E-state index in [-0.39, 0.29) is 12.3 Å². The number of halogens is 2. The third-order valence-electron chi connectivity index (χ3n) is 3.00. The lowest BCUT2D eigenvalue weighted by Crippen LogP contribution is -2.19. The Bertz CT molecular complexity index is 745. The number of nitrogens with zero attached hydrogens (tertiary/aromatic N) is 1. The maximum Gasteiger partial charge on any atom is 0.244 e. The number of amides is 1. The Morgan fingerprint density at radius 2 is 2.04 bits per heavy atom. The minimum atomic E-state index is -0.204. The van der Waals surface area contributed by atoms with Crippen molar-refractivity contribution in [3.63, 3.8) is 0 Å². The largest absolute Gasteiger partial charge is 0.489 e. The first-order valence-electron chi connectivity index (χ1n) is 7.18. The molecule has 0 saturated carbocycles. The summed E-state index contributed by atoms with van der Waals surface area (Å²) in [6, 6.07) is 12.7. The maximum absolute atomic E-state index is 11.9. The summed E-state index contributed by atoms with van der Waals surface area (Å²) in [6.45, 7) is 3.98. The molecule has 0 aliphatic heterocycles. The quantitative estimate of drug-likeness (QED) is 0.421. The molecule has 0 radical (unpaired) electrons. The van der Waals surface area contributed by atoms with Crippen LogP contribution < -0.4 is 10.2 Å². The molecule has 0 aliphatic carbocycles. The number of nitrogens with one attached hydrogen (secondary N) is 1. The monoisotopic (exact) mass is 406 g/mol. The lowest BCUT2D eigenvalue weighted by atomic mass is 10.1. The number of ether oxygens (including phenoxy) is 1. The highest BCUT2D eigenvalue weighted by molar-refractivity contribution is 9.10. The molecule has 0 saturated heterocycles. The molecule has 0 heterocycles. The third kappa shape index (κ3) is 5.83. The van der Waals surface area contributed by atoms with Gasteiger partial charge in [0.1, 0.15) is 12.4 Å². The minimum Gasteiger partial charge on any atom is -0.489 e. The molecule has 1 amide bonds. The number of benzene rings is 2. The van der Waals surface area contributed by atoms with Crippen LogP contribution in [0.5, 0.6) is 5.75 Å². The van der Waals surface area contributed by atoms with Gasteiger partial charge in [-0.2, -0.15) is 5.10 Å². The van der Waals surface area contributed by atoms with E-state index in [1.807, 2.05) is 24.3 Å². The second kappa shape index (κ2) is 9.25. The van der Waals surface area contributed by atoms with Crippen LogP contribution >= 0.6 is 27.5 Å². The topological polar surface area (TPSA) is 50.7 Å². The lowest BCUT2D eigenvalue weighted by Gasteiger charge is -2.07. The van der Waals surface area contributed by atoms with Crippen molar-refractivity contribution in [3.05, 3.63) is 75.7 Å². The van der Waals surface area contributed by atoms with Gasteiger partial charge in [-0.1, -0.05) is 52.3 Å². The first-order valence-corrected chi connectivity index (χ1v) is 8.35. The van der Waals surface area contributed by atoms with Gasteiger partial charge in [0.2, 0.25) is 5.91 Å². The van der Waals surface area contributed by atoms with E-state index in [0.29, 0.717) is 22.9 Å². The highest BCUT2D eigenvalue weighted by atomic mass is 79.9. The Morgan fingerprint density at radius 3 is 2.75 bits per heavy atom. The fourth-order valence-corrected chi connectivity index (χ4v) is 2.35. The van der Waals surface area contributed by atoms with Crippen molar-refractivity contribution >= 4 is 39.7 Å². The molecule has 1 N–H and O–H groups in total. The Balaban J connectivity index is 1.97. The average Bonchev–Trinajstić information content (AvgIpc) is 2.56. The van der Waals surface area contributed by atoms with Crippen molar-refractivity contribution in [2.45, 2.75) is 6.42 Å². The molecule has 24 heavy (non-hydrogen) atoms. The van der Waals surface area contributed by atoms with Crippen LogP contribution in [0.3, 0.4) is 0 Å². The van der Waals surface area contributed by atoms with Crippen LogP contribution in [-0.4, -0.2) is 18.7 Å². The van der Waals surface area contributed by atoms with E-state index < -0.39 is 0 Å². The van der Waals surface area contributed by atoms with E-state index in [0.717, 1.165) is 10.0 Å². The maximum atomic E-state index is 11.9. The van der Waals surface area contributed by atoms with Gasteiger partial charge < -0.3 is 4.74 Å². The van der Waals surface area contributed by atoms with Crippen molar-refractivity contribution in [1.29, 1.82) is 0 Å². The van der Waals surface area contributed by atoms with Crippen LogP contribution in [0.1, 0.15) is 11.1 Å². The fraction of sp³-hybridized carbons (Fsp3) is 0.111. The summed E-state index contributed by atoms with van der Waals surface area (Å²) < 4.78 is 6.49. The van der Waals surface area contributed by atoms with Gasteiger partial charge >= 0.3 is 0 Å². The number of hydrogen-bond acceptors (Lipinski definition) is 3. The average molecular weight is 408 g/mol. The van der Waals surface area contributed by atoms with E-state index in [9.17, 15) is 4.79 Å². The van der Waals surface area contributed by atoms with E-state index in [1.54, 1.807) is 24.3 Å². The van der Waals surface area contributed by atoms with Crippen LogP contribution in [0.15, 0.2) is 64.7 Å². The molecular formula is C18H16BrClN2O2. The molecule has 0 atom stereocenters. The Kier molecular flexibility index (Phi) is 7.03. The number of hydrogen-bond donors (Lipinski definition) is 1. The van der Waals surface area contributed by atoms with Crippen LogP contribution in [0, 0.1) is 0 Å². The molecule has 0 spiro atoms. The Morgan fingerprint density at radius 1 is 1.29 bits per heavy atom. The SMILES string of the molecule is C=CCOc1ccc(Cl)cc1/C=N/NC(=O)Cc1ccc(Br)cc1. The molecule has 0 bridgehead atoms. The summed E-state index contributed by atoms with van der Waals surface area (Å²) in [5.41, 5.74) is 4.08. The molecule has 0 aromatic heterocycles.